The summed E-state index contributed by atoms with van der Waals surface area (Å²) in [6.07, 6.45) is 1.93. The average molecular weight is 290 g/mol. The monoisotopic (exact) mass is 290 g/mol. The standard InChI is InChI=1S/C16H22N2O3/c1-3-21-15(19)11-17-16(20)18-9-5-8-14(18)13-7-4-6-12(2)10-13/h4,6-7,10,14H,3,5,8-9,11H2,1-2H3,(H,17,20)/t14-/m0/s1. The zero-order valence-corrected chi connectivity index (χ0v) is 12.6. The minimum atomic E-state index is -0.405. The summed E-state index contributed by atoms with van der Waals surface area (Å²) in [5.41, 5.74) is 2.34. The molecule has 1 aromatic carbocycles. The van der Waals surface area contributed by atoms with E-state index in [-0.39, 0.29) is 18.6 Å². The first-order chi connectivity index (χ1) is 10.1. The number of hydrogen-bond acceptors (Lipinski definition) is 3. The zero-order valence-electron chi connectivity index (χ0n) is 12.6. The average Bonchev–Trinajstić information content (AvgIpc) is 2.94. The summed E-state index contributed by atoms with van der Waals surface area (Å²) >= 11 is 0. The predicted molar refractivity (Wildman–Crippen MR) is 79.9 cm³/mol. The molecule has 1 N–H and O–H groups in total. The maximum atomic E-state index is 12.2. The van der Waals surface area contributed by atoms with Crippen molar-refractivity contribution in [1.82, 2.24) is 10.2 Å². The Hall–Kier alpha value is -2.04. The van der Waals surface area contributed by atoms with Gasteiger partial charge < -0.3 is 15.0 Å². The minimum absolute atomic E-state index is 0.0797. The van der Waals surface area contributed by atoms with Crippen LogP contribution in [0.2, 0.25) is 0 Å². The highest BCUT2D eigenvalue weighted by molar-refractivity contribution is 5.81. The summed E-state index contributed by atoms with van der Waals surface area (Å²) in [7, 11) is 0. The van der Waals surface area contributed by atoms with Crippen LogP contribution in [0, 0.1) is 6.92 Å². The van der Waals surface area contributed by atoms with Crippen molar-refractivity contribution in [2.24, 2.45) is 0 Å². The Morgan fingerprint density at radius 3 is 2.95 bits per heavy atom. The molecule has 0 bridgehead atoms. The first-order valence-electron chi connectivity index (χ1n) is 7.38. The topological polar surface area (TPSA) is 58.6 Å². The fraction of sp³-hybridized carbons (Fsp3) is 0.500. The van der Waals surface area contributed by atoms with Crippen LogP contribution in [-0.2, 0) is 9.53 Å². The fourth-order valence-electron chi connectivity index (χ4n) is 2.70. The molecule has 0 spiro atoms. The number of esters is 1. The van der Waals surface area contributed by atoms with Crippen LogP contribution in [0.4, 0.5) is 4.79 Å². The Labute approximate surface area is 125 Å². The van der Waals surface area contributed by atoms with Crippen molar-refractivity contribution in [1.29, 1.82) is 0 Å². The highest BCUT2D eigenvalue weighted by atomic mass is 16.5. The largest absolute Gasteiger partial charge is 0.465 e. The Morgan fingerprint density at radius 2 is 2.24 bits per heavy atom. The Morgan fingerprint density at radius 1 is 1.43 bits per heavy atom. The van der Waals surface area contributed by atoms with Crippen molar-refractivity contribution in [2.45, 2.75) is 32.7 Å². The molecule has 1 fully saturated rings. The molecule has 0 unspecified atom stereocenters. The molecule has 1 atom stereocenters. The van der Waals surface area contributed by atoms with Crippen LogP contribution in [0.1, 0.15) is 36.9 Å². The van der Waals surface area contributed by atoms with Crippen molar-refractivity contribution >= 4 is 12.0 Å². The van der Waals surface area contributed by atoms with E-state index >= 15 is 0 Å². The third-order valence-electron chi connectivity index (χ3n) is 3.63. The van der Waals surface area contributed by atoms with E-state index in [2.05, 4.69) is 17.4 Å². The molecule has 0 saturated carbocycles. The lowest BCUT2D eigenvalue weighted by Crippen LogP contribution is -2.42. The first kappa shape index (κ1) is 15.4. The zero-order chi connectivity index (χ0) is 15.2. The lowest BCUT2D eigenvalue weighted by atomic mass is 10.0. The molecule has 5 nitrogen and oxygen atoms in total. The van der Waals surface area contributed by atoms with Crippen LogP contribution in [0.15, 0.2) is 24.3 Å². The number of urea groups is 1. The van der Waals surface area contributed by atoms with Crippen LogP contribution in [-0.4, -0.2) is 36.6 Å². The second-order valence-electron chi connectivity index (χ2n) is 5.23. The van der Waals surface area contributed by atoms with E-state index in [0.29, 0.717) is 13.2 Å². The number of likely N-dealkylation sites (tertiary alicyclic amines) is 1. The van der Waals surface area contributed by atoms with Crippen molar-refractivity contribution in [3.63, 3.8) is 0 Å². The molecule has 2 rings (SSSR count). The second-order valence-corrected chi connectivity index (χ2v) is 5.23. The number of carbonyl (C=O) groups is 2. The van der Waals surface area contributed by atoms with Crippen molar-refractivity contribution in [2.75, 3.05) is 19.7 Å². The van der Waals surface area contributed by atoms with Gasteiger partial charge in [-0.3, -0.25) is 4.79 Å². The van der Waals surface area contributed by atoms with Crippen molar-refractivity contribution in [3.05, 3.63) is 35.4 Å². The maximum absolute atomic E-state index is 12.2. The van der Waals surface area contributed by atoms with Gasteiger partial charge in [0, 0.05) is 6.54 Å². The summed E-state index contributed by atoms with van der Waals surface area (Å²) in [6.45, 7) is 4.75. The Kier molecular flexibility index (Phi) is 5.20. The first-order valence-corrected chi connectivity index (χ1v) is 7.38. The molecule has 1 saturated heterocycles. The number of ether oxygens (including phenoxy) is 1. The molecule has 0 aliphatic carbocycles. The van der Waals surface area contributed by atoms with Gasteiger partial charge in [-0.1, -0.05) is 29.8 Å². The van der Waals surface area contributed by atoms with Gasteiger partial charge in [0.2, 0.25) is 0 Å². The summed E-state index contributed by atoms with van der Waals surface area (Å²) < 4.78 is 4.81. The third kappa shape index (κ3) is 3.97. The quantitative estimate of drug-likeness (QED) is 0.866. The van der Waals surface area contributed by atoms with Crippen molar-refractivity contribution in [3.8, 4) is 0 Å². The van der Waals surface area contributed by atoms with Crippen LogP contribution < -0.4 is 5.32 Å². The molecule has 0 aromatic heterocycles. The number of amides is 2. The molecule has 0 radical (unpaired) electrons. The van der Waals surface area contributed by atoms with Gasteiger partial charge in [-0.25, -0.2) is 4.79 Å². The molecule has 2 amide bonds. The summed E-state index contributed by atoms with van der Waals surface area (Å²) in [5.74, 6) is -0.405. The van der Waals surface area contributed by atoms with E-state index in [1.54, 1.807) is 11.8 Å². The molecule has 1 aliphatic rings. The van der Waals surface area contributed by atoms with E-state index in [1.165, 1.54) is 5.56 Å². The fourth-order valence-corrected chi connectivity index (χ4v) is 2.70. The van der Waals surface area contributed by atoms with Gasteiger partial charge in [0.15, 0.2) is 0 Å². The minimum Gasteiger partial charge on any atom is -0.465 e. The molecule has 21 heavy (non-hydrogen) atoms. The Bertz CT molecular complexity index is 516. The second kappa shape index (κ2) is 7.11. The number of nitrogens with one attached hydrogen (secondary N) is 1. The van der Waals surface area contributed by atoms with Crippen LogP contribution >= 0.6 is 0 Å². The molecule has 1 aliphatic heterocycles. The van der Waals surface area contributed by atoms with Gasteiger partial charge in [-0.05, 0) is 32.3 Å². The smallest absolute Gasteiger partial charge is 0.325 e. The molecular formula is C16H22N2O3. The summed E-state index contributed by atoms with van der Waals surface area (Å²) in [6, 6.07) is 8.11. The van der Waals surface area contributed by atoms with E-state index in [9.17, 15) is 9.59 Å². The lowest BCUT2D eigenvalue weighted by molar-refractivity contribution is -0.141. The van der Waals surface area contributed by atoms with Crippen LogP contribution in [0.5, 0.6) is 0 Å². The van der Waals surface area contributed by atoms with Crippen LogP contribution in [0.25, 0.3) is 0 Å². The van der Waals surface area contributed by atoms with Gasteiger partial charge in [0.1, 0.15) is 6.54 Å². The van der Waals surface area contributed by atoms with Gasteiger partial charge in [0.25, 0.3) is 0 Å². The Balaban J connectivity index is 1.98. The number of hydrogen-bond donors (Lipinski definition) is 1. The van der Waals surface area contributed by atoms with Gasteiger partial charge >= 0.3 is 12.0 Å². The van der Waals surface area contributed by atoms with Crippen LogP contribution in [0.3, 0.4) is 0 Å². The maximum Gasteiger partial charge on any atom is 0.325 e. The van der Waals surface area contributed by atoms with E-state index in [0.717, 1.165) is 18.4 Å². The third-order valence-corrected chi connectivity index (χ3v) is 3.63. The number of nitrogens with zero attached hydrogens (tertiary/aromatic N) is 1. The molecule has 1 heterocycles. The number of rotatable bonds is 4. The predicted octanol–water partition coefficient (Wildman–Crippen LogP) is 2.40. The molecular weight excluding hydrogens is 268 g/mol. The highest BCUT2D eigenvalue weighted by Gasteiger charge is 2.30. The molecule has 1 aromatic rings. The number of carbonyl (C=O) groups excluding carboxylic acids is 2. The van der Waals surface area contributed by atoms with Gasteiger partial charge in [-0.2, -0.15) is 0 Å². The highest BCUT2D eigenvalue weighted by Crippen LogP contribution is 2.32. The number of aryl methyl sites for hydroxylation is 1. The van der Waals surface area contributed by atoms with E-state index < -0.39 is 5.97 Å². The molecule has 114 valence electrons. The summed E-state index contributed by atoms with van der Waals surface area (Å²) in [4.78, 5) is 25.3. The van der Waals surface area contributed by atoms with Gasteiger partial charge in [-0.15, -0.1) is 0 Å². The van der Waals surface area contributed by atoms with Gasteiger partial charge in [0.05, 0.1) is 12.6 Å². The number of benzene rings is 1. The van der Waals surface area contributed by atoms with E-state index in [1.807, 2.05) is 19.1 Å². The molecule has 5 heteroatoms. The normalized spacial score (nSPS) is 17.6. The SMILES string of the molecule is CCOC(=O)CNC(=O)N1CCC[C@H]1c1cccc(C)c1. The van der Waals surface area contributed by atoms with Crippen molar-refractivity contribution < 1.29 is 14.3 Å². The lowest BCUT2D eigenvalue weighted by Gasteiger charge is -2.25. The summed E-state index contributed by atoms with van der Waals surface area (Å²) in [5, 5.41) is 2.64. The van der Waals surface area contributed by atoms with E-state index in [4.69, 9.17) is 4.74 Å².